The third kappa shape index (κ3) is 1.75. The Morgan fingerprint density at radius 2 is 1.92 bits per heavy atom. The van der Waals surface area contributed by atoms with E-state index in [0.717, 1.165) is 18.6 Å². The van der Waals surface area contributed by atoms with Crippen molar-refractivity contribution < 1.29 is 0 Å². The lowest BCUT2D eigenvalue weighted by Crippen LogP contribution is -2.01. The van der Waals surface area contributed by atoms with Crippen LogP contribution in [0.15, 0.2) is 30.3 Å². The third-order valence-corrected chi connectivity index (χ3v) is 3.04. The summed E-state index contributed by atoms with van der Waals surface area (Å²) in [7, 11) is 0. The van der Waals surface area contributed by atoms with E-state index in [0.29, 0.717) is 0 Å². The number of hydrogen-bond acceptors (Lipinski definition) is 1. The Morgan fingerprint density at radius 3 is 2.46 bits per heavy atom. The Morgan fingerprint density at radius 1 is 1.23 bits per heavy atom. The van der Waals surface area contributed by atoms with Crippen LogP contribution in [0.1, 0.15) is 25.8 Å². The highest BCUT2D eigenvalue weighted by atomic mass is 15.3. The van der Waals surface area contributed by atoms with Gasteiger partial charge in [-0.15, -0.1) is 0 Å². The first-order chi connectivity index (χ1) is 6.33. The second-order valence-electron chi connectivity index (χ2n) is 3.87. The minimum Gasteiger partial charge on any atom is -0.290 e. The summed E-state index contributed by atoms with van der Waals surface area (Å²) in [5, 5.41) is 0. The maximum Gasteiger partial charge on any atom is 0.0253 e. The summed E-state index contributed by atoms with van der Waals surface area (Å²) in [6, 6.07) is 12.3. The third-order valence-electron chi connectivity index (χ3n) is 3.04. The molecule has 1 aliphatic heterocycles. The lowest BCUT2D eigenvalue weighted by molar-refractivity contribution is 0.474. The van der Waals surface area contributed by atoms with Crippen LogP contribution in [0.2, 0.25) is 0 Å². The molecule has 0 spiro atoms. The highest BCUT2D eigenvalue weighted by Gasteiger charge is 2.41. The molecule has 0 aliphatic carbocycles. The van der Waals surface area contributed by atoms with E-state index in [4.69, 9.17) is 0 Å². The summed E-state index contributed by atoms with van der Waals surface area (Å²) < 4.78 is 0. The van der Waals surface area contributed by atoms with E-state index in [1.165, 1.54) is 12.0 Å². The molecule has 70 valence electrons. The predicted octanol–water partition coefficient (Wildman–Crippen LogP) is 2.67. The van der Waals surface area contributed by atoms with Crippen LogP contribution in [-0.2, 0) is 6.54 Å². The first-order valence-corrected chi connectivity index (χ1v) is 5.12. The molecule has 0 amide bonds. The van der Waals surface area contributed by atoms with Crippen molar-refractivity contribution in [2.24, 2.45) is 0 Å². The number of nitrogens with zero attached hydrogens (tertiary/aromatic N) is 1. The zero-order valence-corrected chi connectivity index (χ0v) is 8.40. The van der Waals surface area contributed by atoms with Crippen LogP contribution < -0.4 is 0 Å². The quantitative estimate of drug-likeness (QED) is 0.638. The molecule has 2 rings (SSSR count). The van der Waals surface area contributed by atoms with Crippen molar-refractivity contribution in [2.45, 2.75) is 38.9 Å². The predicted molar refractivity (Wildman–Crippen MR) is 55.5 cm³/mol. The zero-order chi connectivity index (χ0) is 9.26. The Hall–Kier alpha value is -0.820. The monoisotopic (exact) mass is 175 g/mol. The average Bonchev–Trinajstić information content (AvgIpc) is 2.78. The molecule has 1 nitrogen and oxygen atoms in total. The zero-order valence-electron chi connectivity index (χ0n) is 8.40. The van der Waals surface area contributed by atoms with Gasteiger partial charge in [-0.1, -0.05) is 37.3 Å². The largest absolute Gasteiger partial charge is 0.290 e. The topological polar surface area (TPSA) is 3.01 Å². The molecule has 1 heteroatoms. The van der Waals surface area contributed by atoms with Crippen molar-refractivity contribution in [3.63, 3.8) is 0 Å². The van der Waals surface area contributed by atoms with Gasteiger partial charge in [0.05, 0.1) is 0 Å². The van der Waals surface area contributed by atoms with E-state index in [1.54, 1.807) is 0 Å². The normalized spacial score (nSPS) is 31.7. The van der Waals surface area contributed by atoms with Gasteiger partial charge in [0.1, 0.15) is 0 Å². The van der Waals surface area contributed by atoms with Crippen molar-refractivity contribution in [1.29, 1.82) is 0 Å². The van der Waals surface area contributed by atoms with Crippen LogP contribution in [0.3, 0.4) is 0 Å². The van der Waals surface area contributed by atoms with Crippen molar-refractivity contribution in [3.05, 3.63) is 35.9 Å². The fourth-order valence-corrected chi connectivity index (χ4v) is 2.11. The molecule has 1 heterocycles. The Kier molecular flexibility index (Phi) is 2.36. The van der Waals surface area contributed by atoms with Gasteiger partial charge < -0.3 is 0 Å². The summed E-state index contributed by atoms with van der Waals surface area (Å²) in [5.74, 6) is 0. The van der Waals surface area contributed by atoms with Gasteiger partial charge in [0.25, 0.3) is 0 Å². The van der Waals surface area contributed by atoms with Gasteiger partial charge in [0, 0.05) is 18.6 Å². The molecule has 1 aromatic carbocycles. The van der Waals surface area contributed by atoms with Crippen molar-refractivity contribution in [3.8, 4) is 0 Å². The maximum atomic E-state index is 2.55. The van der Waals surface area contributed by atoms with E-state index in [1.807, 2.05) is 0 Å². The fraction of sp³-hybridized carbons (Fsp3) is 0.500. The number of rotatable bonds is 3. The molecule has 0 N–H and O–H groups in total. The van der Waals surface area contributed by atoms with E-state index in [9.17, 15) is 0 Å². The standard InChI is InChI=1S/C12H17N/c1-3-12-10(2)13(12)9-11-7-5-4-6-8-11/h4-8,10,12H,3,9H2,1-2H3/t10-,12+,13?/m1/s1. The van der Waals surface area contributed by atoms with Crippen LogP contribution in [0.25, 0.3) is 0 Å². The van der Waals surface area contributed by atoms with Crippen LogP contribution in [0.4, 0.5) is 0 Å². The average molecular weight is 175 g/mol. The summed E-state index contributed by atoms with van der Waals surface area (Å²) in [5.41, 5.74) is 1.44. The fourth-order valence-electron chi connectivity index (χ4n) is 2.11. The summed E-state index contributed by atoms with van der Waals surface area (Å²) in [4.78, 5) is 2.55. The maximum absolute atomic E-state index is 2.55. The van der Waals surface area contributed by atoms with E-state index < -0.39 is 0 Å². The molecule has 1 unspecified atom stereocenters. The van der Waals surface area contributed by atoms with Crippen LogP contribution in [-0.4, -0.2) is 17.0 Å². The lowest BCUT2D eigenvalue weighted by Gasteiger charge is -2.02. The van der Waals surface area contributed by atoms with Gasteiger partial charge in [0.15, 0.2) is 0 Å². The molecule has 3 atom stereocenters. The van der Waals surface area contributed by atoms with E-state index in [2.05, 4.69) is 49.1 Å². The molecule has 1 fully saturated rings. The molecule has 13 heavy (non-hydrogen) atoms. The summed E-state index contributed by atoms with van der Waals surface area (Å²) in [6.07, 6.45) is 1.29. The molecular weight excluding hydrogens is 158 g/mol. The van der Waals surface area contributed by atoms with Crippen LogP contribution >= 0.6 is 0 Å². The number of hydrogen-bond donors (Lipinski definition) is 0. The van der Waals surface area contributed by atoms with E-state index in [-0.39, 0.29) is 0 Å². The Labute approximate surface area is 80.4 Å². The lowest BCUT2D eigenvalue weighted by atomic mass is 10.2. The highest BCUT2D eigenvalue weighted by Crippen LogP contribution is 2.32. The van der Waals surface area contributed by atoms with Crippen LogP contribution in [0, 0.1) is 0 Å². The second kappa shape index (κ2) is 3.51. The Balaban J connectivity index is 1.94. The summed E-state index contributed by atoms with van der Waals surface area (Å²) >= 11 is 0. The molecule has 0 aromatic heterocycles. The van der Waals surface area contributed by atoms with Gasteiger partial charge >= 0.3 is 0 Å². The first-order valence-electron chi connectivity index (χ1n) is 5.12. The molecule has 0 bridgehead atoms. The molecule has 1 saturated heterocycles. The van der Waals surface area contributed by atoms with Gasteiger partial charge in [-0.3, -0.25) is 4.90 Å². The van der Waals surface area contributed by atoms with Crippen LogP contribution in [0.5, 0.6) is 0 Å². The van der Waals surface area contributed by atoms with Crippen molar-refractivity contribution in [2.75, 3.05) is 0 Å². The number of benzene rings is 1. The van der Waals surface area contributed by atoms with Crippen molar-refractivity contribution in [1.82, 2.24) is 4.90 Å². The highest BCUT2D eigenvalue weighted by molar-refractivity contribution is 5.16. The summed E-state index contributed by atoms with van der Waals surface area (Å²) in [6.45, 7) is 5.71. The van der Waals surface area contributed by atoms with E-state index >= 15 is 0 Å². The second-order valence-corrected chi connectivity index (χ2v) is 3.87. The van der Waals surface area contributed by atoms with Crippen molar-refractivity contribution >= 4 is 0 Å². The molecule has 0 radical (unpaired) electrons. The SMILES string of the molecule is CC[C@H]1[C@@H](C)N1Cc1ccccc1. The molecule has 0 saturated carbocycles. The minimum absolute atomic E-state index is 0.796. The van der Waals surface area contributed by atoms with Gasteiger partial charge in [-0.2, -0.15) is 0 Å². The smallest absolute Gasteiger partial charge is 0.0253 e. The van der Waals surface area contributed by atoms with Gasteiger partial charge in [0.2, 0.25) is 0 Å². The first kappa shape index (κ1) is 8.76. The van der Waals surface area contributed by atoms with Gasteiger partial charge in [-0.05, 0) is 18.9 Å². The molecule has 1 aromatic rings. The Bertz CT molecular complexity index is 268. The van der Waals surface area contributed by atoms with Gasteiger partial charge in [-0.25, -0.2) is 0 Å². The minimum atomic E-state index is 0.796. The molecular formula is C12H17N. The molecule has 1 aliphatic rings.